The Bertz CT molecular complexity index is 809. The lowest BCUT2D eigenvalue weighted by atomic mass is 9.60. The molecule has 3 aliphatic rings. The first-order valence-electron chi connectivity index (χ1n) is 11.2. The minimum atomic E-state index is -2.15. The normalized spacial score (nSPS) is 21.9. The quantitative estimate of drug-likeness (QED) is 0.500. The molecule has 3 rings (SSSR count). The van der Waals surface area contributed by atoms with Crippen molar-refractivity contribution < 1.29 is 42.9 Å². The van der Waals surface area contributed by atoms with Gasteiger partial charge in [0.2, 0.25) is 46.2 Å². The van der Waals surface area contributed by atoms with Crippen molar-refractivity contribution in [1.82, 2.24) is 0 Å². The molecule has 33 heavy (non-hydrogen) atoms. The molecule has 2 aliphatic carbocycles. The Balaban J connectivity index is 2.19. The maximum absolute atomic E-state index is 13.8. The average molecular weight is 465 g/mol. The Labute approximate surface area is 193 Å². The van der Waals surface area contributed by atoms with Crippen LogP contribution in [0.2, 0.25) is 0 Å². The SMILES string of the molecule is CC(C)OC1=C(OC(C)C)C(=O)C2(COCC23C(=O)C(OC(C)C)=C(OC(C)C)C3=O)C1=O. The summed E-state index contributed by atoms with van der Waals surface area (Å²) in [5.41, 5.74) is -4.30. The number of Topliss-reactive ketones (excluding diaryl/α,β-unsaturated/α-hetero) is 4. The molecule has 2 spiro atoms. The Kier molecular flexibility index (Phi) is 6.50. The van der Waals surface area contributed by atoms with Crippen LogP contribution in [0.5, 0.6) is 0 Å². The maximum Gasteiger partial charge on any atom is 0.219 e. The molecule has 0 aromatic heterocycles. The number of carbonyl (C=O) groups is 4. The van der Waals surface area contributed by atoms with Crippen LogP contribution in [0.1, 0.15) is 55.4 Å². The molecule has 182 valence electrons. The summed E-state index contributed by atoms with van der Waals surface area (Å²) < 4.78 is 28.3. The molecule has 0 atom stereocenters. The van der Waals surface area contributed by atoms with E-state index in [1.165, 1.54) is 0 Å². The zero-order valence-electron chi connectivity index (χ0n) is 20.4. The van der Waals surface area contributed by atoms with E-state index in [4.69, 9.17) is 23.7 Å². The van der Waals surface area contributed by atoms with Crippen molar-refractivity contribution in [3.05, 3.63) is 23.0 Å². The number of hydrogen-bond acceptors (Lipinski definition) is 9. The summed E-state index contributed by atoms with van der Waals surface area (Å²) in [4.78, 5) is 55.2. The summed E-state index contributed by atoms with van der Waals surface area (Å²) in [5.74, 6) is -4.37. The van der Waals surface area contributed by atoms with Crippen molar-refractivity contribution in [2.45, 2.75) is 79.8 Å². The molecule has 0 N–H and O–H groups in total. The molecule has 0 radical (unpaired) electrons. The summed E-state index contributed by atoms with van der Waals surface area (Å²) in [7, 11) is 0. The van der Waals surface area contributed by atoms with E-state index < -0.39 is 71.6 Å². The molecule has 0 bridgehead atoms. The highest BCUT2D eigenvalue weighted by atomic mass is 16.5. The van der Waals surface area contributed by atoms with E-state index in [1.807, 2.05) is 0 Å². The van der Waals surface area contributed by atoms with Crippen LogP contribution in [0.4, 0.5) is 0 Å². The third-order valence-corrected chi connectivity index (χ3v) is 5.57. The monoisotopic (exact) mass is 464 g/mol. The second-order valence-electron chi connectivity index (χ2n) is 9.60. The van der Waals surface area contributed by atoms with Gasteiger partial charge >= 0.3 is 0 Å². The zero-order chi connectivity index (χ0) is 24.9. The number of hydrogen-bond donors (Lipinski definition) is 0. The lowest BCUT2D eigenvalue weighted by Crippen LogP contribution is -2.57. The first kappa shape index (κ1) is 25.0. The number of ether oxygens (including phenoxy) is 5. The van der Waals surface area contributed by atoms with Crippen LogP contribution in [0.25, 0.3) is 0 Å². The third kappa shape index (κ3) is 3.57. The van der Waals surface area contributed by atoms with Gasteiger partial charge in [-0.25, -0.2) is 0 Å². The van der Waals surface area contributed by atoms with Gasteiger partial charge in [-0.15, -0.1) is 0 Å². The van der Waals surface area contributed by atoms with Gasteiger partial charge in [-0.1, -0.05) is 0 Å². The molecule has 1 fully saturated rings. The molecule has 0 saturated carbocycles. The van der Waals surface area contributed by atoms with Crippen LogP contribution in [-0.4, -0.2) is 60.8 Å². The molecule has 9 nitrogen and oxygen atoms in total. The van der Waals surface area contributed by atoms with Gasteiger partial charge in [0, 0.05) is 0 Å². The number of fused-ring (bicyclic) bond motifs is 1. The largest absolute Gasteiger partial charge is 0.484 e. The highest BCUT2D eigenvalue weighted by Gasteiger charge is 2.79. The van der Waals surface area contributed by atoms with E-state index in [-0.39, 0.29) is 23.0 Å². The summed E-state index contributed by atoms with van der Waals surface area (Å²) in [6, 6.07) is 0. The van der Waals surface area contributed by atoms with Crippen LogP contribution in [0, 0.1) is 10.8 Å². The summed E-state index contributed by atoms with van der Waals surface area (Å²) >= 11 is 0. The number of allylic oxidation sites excluding steroid dienone is 4. The van der Waals surface area contributed by atoms with Gasteiger partial charge in [0.1, 0.15) is 10.8 Å². The van der Waals surface area contributed by atoms with Crippen molar-refractivity contribution in [2.24, 2.45) is 10.8 Å². The lowest BCUT2D eigenvalue weighted by Gasteiger charge is -2.33. The molecule has 0 unspecified atom stereocenters. The van der Waals surface area contributed by atoms with E-state index in [1.54, 1.807) is 55.4 Å². The summed E-state index contributed by atoms with van der Waals surface area (Å²) in [5, 5.41) is 0. The minimum Gasteiger partial charge on any atom is -0.484 e. The van der Waals surface area contributed by atoms with Crippen molar-refractivity contribution >= 4 is 23.1 Å². The number of rotatable bonds is 8. The van der Waals surface area contributed by atoms with Crippen molar-refractivity contribution in [1.29, 1.82) is 0 Å². The van der Waals surface area contributed by atoms with Crippen LogP contribution in [0.3, 0.4) is 0 Å². The molecule has 0 aromatic rings. The van der Waals surface area contributed by atoms with Crippen LogP contribution < -0.4 is 0 Å². The molecule has 0 amide bonds. The second kappa shape index (κ2) is 8.59. The lowest BCUT2D eigenvalue weighted by molar-refractivity contribution is -0.155. The molecule has 1 aliphatic heterocycles. The van der Waals surface area contributed by atoms with E-state index >= 15 is 0 Å². The predicted molar refractivity (Wildman–Crippen MR) is 115 cm³/mol. The van der Waals surface area contributed by atoms with Gasteiger partial charge in [-0.2, -0.15) is 0 Å². The molecule has 1 saturated heterocycles. The van der Waals surface area contributed by atoms with Gasteiger partial charge < -0.3 is 23.7 Å². The van der Waals surface area contributed by atoms with E-state index in [9.17, 15) is 19.2 Å². The fourth-order valence-electron chi connectivity index (χ4n) is 4.41. The van der Waals surface area contributed by atoms with Crippen LogP contribution >= 0.6 is 0 Å². The Morgan fingerprint density at radius 3 is 0.909 bits per heavy atom. The third-order valence-electron chi connectivity index (χ3n) is 5.57. The topological polar surface area (TPSA) is 114 Å². The van der Waals surface area contributed by atoms with Crippen LogP contribution in [0.15, 0.2) is 23.0 Å². The standard InChI is InChI=1S/C24H32O9/c1-11(2)30-15-16(31-12(3)4)20(26)23(19(15)25)9-29-10-24(23)21(27)17(32-13(5)6)18(22(24)28)33-14(7)8/h11-14H,9-10H2,1-8H3. The number of ketones is 4. The fourth-order valence-corrected chi connectivity index (χ4v) is 4.41. The second-order valence-corrected chi connectivity index (χ2v) is 9.60. The van der Waals surface area contributed by atoms with Gasteiger partial charge in [0.15, 0.2) is 0 Å². The van der Waals surface area contributed by atoms with Crippen molar-refractivity contribution in [2.75, 3.05) is 13.2 Å². The first-order valence-corrected chi connectivity index (χ1v) is 11.2. The Hall–Kier alpha value is -2.68. The van der Waals surface area contributed by atoms with Gasteiger partial charge in [0.25, 0.3) is 0 Å². The van der Waals surface area contributed by atoms with Gasteiger partial charge in [-0.3, -0.25) is 19.2 Å². The Morgan fingerprint density at radius 1 is 0.515 bits per heavy atom. The van der Waals surface area contributed by atoms with Gasteiger partial charge in [0.05, 0.1) is 37.6 Å². The highest BCUT2D eigenvalue weighted by molar-refractivity contribution is 6.37. The van der Waals surface area contributed by atoms with E-state index in [0.29, 0.717) is 0 Å². The molecular weight excluding hydrogens is 432 g/mol. The van der Waals surface area contributed by atoms with E-state index in [2.05, 4.69) is 0 Å². The van der Waals surface area contributed by atoms with Crippen LogP contribution in [-0.2, 0) is 42.9 Å². The highest BCUT2D eigenvalue weighted by Crippen LogP contribution is 2.59. The fraction of sp³-hybridized carbons (Fsp3) is 0.667. The predicted octanol–water partition coefficient (Wildman–Crippen LogP) is 2.42. The van der Waals surface area contributed by atoms with Crippen molar-refractivity contribution in [3.8, 4) is 0 Å². The maximum atomic E-state index is 13.8. The summed E-state index contributed by atoms with van der Waals surface area (Å²) in [6.45, 7) is 12.6. The van der Waals surface area contributed by atoms with E-state index in [0.717, 1.165) is 0 Å². The van der Waals surface area contributed by atoms with Gasteiger partial charge in [-0.05, 0) is 55.4 Å². The smallest absolute Gasteiger partial charge is 0.219 e. The first-order chi connectivity index (χ1) is 15.3. The zero-order valence-corrected chi connectivity index (χ0v) is 20.4. The molecular formula is C24H32O9. The molecule has 1 heterocycles. The summed E-state index contributed by atoms with van der Waals surface area (Å²) in [6.07, 6.45) is -1.82. The molecule has 0 aromatic carbocycles. The number of carbonyl (C=O) groups excluding carboxylic acids is 4. The van der Waals surface area contributed by atoms with Crippen molar-refractivity contribution in [3.63, 3.8) is 0 Å². The Morgan fingerprint density at radius 2 is 0.727 bits per heavy atom. The average Bonchev–Trinajstić information content (AvgIpc) is 3.24. The molecule has 9 heteroatoms. The minimum absolute atomic E-state index is 0.293.